The number of ether oxygens (including phenoxy) is 1. The van der Waals surface area contributed by atoms with Crippen LogP contribution in [0.3, 0.4) is 0 Å². The quantitative estimate of drug-likeness (QED) is 0.476. The van der Waals surface area contributed by atoms with Crippen molar-refractivity contribution in [3.8, 4) is 0 Å². The highest BCUT2D eigenvalue weighted by Gasteiger charge is 2.00. The summed E-state index contributed by atoms with van der Waals surface area (Å²) in [5.41, 5.74) is 5.65. The third-order valence-electron chi connectivity index (χ3n) is 2.19. The second-order valence-corrected chi connectivity index (χ2v) is 5.22. The van der Waals surface area contributed by atoms with Crippen LogP contribution in [0.4, 0.5) is 0 Å². The van der Waals surface area contributed by atoms with Gasteiger partial charge in [-0.25, -0.2) is 0 Å². The van der Waals surface area contributed by atoms with Crippen molar-refractivity contribution in [2.24, 2.45) is 5.73 Å². The molecule has 0 fully saturated rings. The summed E-state index contributed by atoms with van der Waals surface area (Å²) in [6.07, 6.45) is 4.91. The molecule has 3 nitrogen and oxygen atoms in total. The summed E-state index contributed by atoms with van der Waals surface area (Å²) in [4.78, 5) is 11.0. The van der Waals surface area contributed by atoms with E-state index in [1.54, 1.807) is 0 Å². The molecule has 0 aliphatic carbocycles. The van der Waals surface area contributed by atoms with E-state index in [0.29, 0.717) is 19.1 Å². The molecule has 0 heterocycles. The maximum atomic E-state index is 11.0. The van der Waals surface area contributed by atoms with Crippen LogP contribution in [0.5, 0.6) is 0 Å². The Morgan fingerprint density at radius 3 is 2.69 bits per heavy atom. The van der Waals surface area contributed by atoms with E-state index in [1.807, 2.05) is 25.6 Å². The first-order valence-corrected chi connectivity index (χ1v) is 7.31. The van der Waals surface area contributed by atoms with E-state index in [2.05, 4.69) is 0 Å². The van der Waals surface area contributed by atoms with Crippen LogP contribution in [0.1, 0.15) is 46.0 Å². The van der Waals surface area contributed by atoms with Crippen molar-refractivity contribution in [3.05, 3.63) is 0 Å². The van der Waals surface area contributed by atoms with Crippen LogP contribution in [0.2, 0.25) is 0 Å². The Balaban J connectivity index is 3.07. The number of carbonyl (C=O) groups excluding carboxylic acids is 1. The first-order valence-electron chi connectivity index (χ1n) is 6.15. The molecule has 4 heteroatoms. The van der Waals surface area contributed by atoms with Crippen molar-refractivity contribution in [2.75, 3.05) is 18.1 Å². The van der Waals surface area contributed by atoms with Crippen molar-refractivity contribution in [1.82, 2.24) is 0 Å². The Hall–Kier alpha value is -0.220. The summed E-state index contributed by atoms with van der Waals surface area (Å²) in [6, 6.07) is 0.316. The second-order valence-electron chi connectivity index (χ2n) is 3.99. The molecule has 0 rings (SSSR count). The fraction of sp³-hybridized carbons (Fsp3) is 0.917. The summed E-state index contributed by atoms with van der Waals surface area (Å²) in [5.74, 6) is 2.26. The zero-order valence-electron chi connectivity index (χ0n) is 10.5. The molecule has 0 amide bonds. The Morgan fingerprint density at radius 2 is 2.06 bits per heavy atom. The van der Waals surface area contributed by atoms with Gasteiger partial charge in [0, 0.05) is 12.5 Å². The second kappa shape index (κ2) is 11.3. The van der Waals surface area contributed by atoms with Gasteiger partial charge in [0.15, 0.2) is 0 Å². The van der Waals surface area contributed by atoms with Gasteiger partial charge in [-0.2, -0.15) is 11.8 Å². The van der Waals surface area contributed by atoms with Gasteiger partial charge in [-0.1, -0.05) is 6.42 Å². The molecule has 0 spiro atoms. The van der Waals surface area contributed by atoms with Crippen molar-refractivity contribution in [1.29, 1.82) is 0 Å². The van der Waals surface area contributed by atoms with Gasteiger partial charge in [0.05, 0.1) is 6.61 Å². The zero-order valence-corrected chi connectivity index (χ0v) is 11.4. The third-order valence-corrected chi connectivity index (χ3v) is 3.29. The summed E-state index contributed by atoms with van der Waals surface area (Å²) in [7, 11) is 0. The van der Waals surface area contributed by atoms with Crippen molar-refractivity contribution < 1.29 is 9.53 Å². The van der Waals surface area contributed by atoms with Gasteiger partial charge in [0.2, 0.25) is 0 Å². The molecule has 0 aromatic heterocycles. The molecular formula is C12H25NO2S. The fourth-order valence-corrected chi connectivity index (χ4v) is 2.41. The molecule has 0 aliphatic heterocycles. The Bertz CT molecular complexity index is 174. The lowest BCUT2D eigenvalue weighted by Crippen LogP contribution is -2.15. The lowest BCUT2D eigenvalue weighted by molar-refractivity contribution is -0.143. The summed E-state index contributed by atoms with van der Waals surface area (Å²) >= 11 is 1.95. The van der Waals surface area contributed by atoms with Gasteiger partial charge in [-0.05, 0) is 44.6 Å². The van der Waals surface area contributed by atoms with Crippen LogP contribution in [-0.2, 0) is 9.53 Å². The molecule has 16 heavy (non-hydrogen) atoms. The average Bonchev–Trinajstić information content (AvgIpc) is 2.22. The smallest absolute Gasteiger partial charge is 0.305 e. The monoisotopic (exact) mass is 247 g/mol. The lowest BCUT2D eigenvalue weighted by atomic mass is 10.2. The number of unbranched alkanes of at least 4 members (excludes halogenated alkanes) is 2. The van der Waals surface area contributed by atoms with E-state index >= 15 is 0 Å². The predicted octanol–water partition coefficient (Wildman–Crippen LogP) is 2.58. The first kappa shape index (κ1) is 15.8. The standard InChI is InChI=1S/C12H25NO2S/c1-3-15-12(14)7-5-4-6-9-16-10-8-11(2)13/h11H,3-10,13H2,1-2H3. The van der Waals surface area contributed by atoms with Crippen molar-refractivity contribution in [2.45, 2.75) is 52.0 Å². The van der Waals surface area contributed by atoms with E-state index in [1.165, 1.54) is 12.2 Å². The van der Waals surface area contributed by atoms with Crippen LogP contribution in [0.15, 0.2) is 0 Å². The fourth-order valence-electron chi connectivity index (χ4n) is 1.25. The minimum absolute atomic E-state index is 0.0629. The van der Waals surface area contributed by atoms with Gasteiger partial charge in [-0.3, -0.25) is 4.79 Å². The molecule has 0 aromatic carbocycles. The van der Waals surface area contributed by atoms with E-state index in [-0.39, 0.29) is 5.97 Å². The van der Waals surface area contributed by atoms with Gasteiger partial charge in [-0.15, -0.1) is 0 Å². The summed E-state index contributed by atoms with van der Waals surface area (Å²) in [6.45, 7) is 4.37. The molecule has 0 aromatic rings. The van der Waals surface area contributed by atoms with E-state index in [9.17, 15) is 4.79 Å². The average molecular weight is 247 g/mol. The number of rotatable bonds is 10. The molecule has 0 saturated heterocycles. The molecule has 96 valence electrons. The minimum atomic E-state index is -0.0629. The molecule has 0 radical (unpaired) electrons. The largest absolute Gasteiger partial charge is 0.466 e. The maximum Gasteiger partial charge on any atom is 0.305 e. The van der Waals surface area contributed by atoms with E-state index < -0.39 is 0 Å². The molecular weight excluding hydrogens is 222 g/mol. The zero-order chi connectivity index (χ0) is 12.2. The Morgan fingerprint density at radius 1 is 1.31 bits per heavy atom. The highest BCUT2D eigenvalue weighted by Crippen LogP contribution is 2.09. The Labute approximate surface area is 103 Å². The maximum absolute atomic E-state index is 11.0. The normalized spacial score (nSPS) is 12.4. The van der Waals surface area contributed by atoms with Crippen LogP contribution < -0.4 is 5.73 Å². The SMILES string of the molecule is CCOC(=O)CCCCCSCCC(C)N. The summed E-state index contributed by atoms with van der Waals surface area (Å²) in [5, 5.41) is 0. The lowest BCUT2D eigenvalue weighted by Gasteiger charge is -2.04. The van der Waals surface area contributed by atoms with Crippen LogP contribution >= 0.6 is 11.8 Å². The van der Waals surface area contributed by atoms with Gasteiger partial charge >= 0.3 is 5.97 Å². The van der Waals surface area contributed by atoms with E-state index in [4.69, 9.17) is 10.5 Å². The minimum Gasteiger partial charge on any atom is -0.466 e. The van der Waals surface area contributed by atoms with E-state index in [0.717, 1.165) is 25.0 Å². The van der Waals surface area contributed by atoms with Gasteiger partial charge < -0.3 is 10.5 Å². The Kier molecular flexibility index (Phi) is 11.1. The van der Waals surface area contributed by atoms with Gasteiger partial charge in [0.1, 0.15) is 0 Å². The molecule has 0 aliphatic rings. The number of esters is 1. The number of carbonyl (C=O) groups is 1. The molecule has 0 saturated carbocycles. The van der Waals surface area contributed by atoms with Gasteiger partial charge in [0.25, 0.3) is 0 Å². The van der Waals surface area contributed by atoms with Crippen molar-refractivity contribution in [3.63, 3.8) is 0 Å². The van der Waals surface area contributed by atoms with Crippen molar-refractivity contribution >= 4 is 17.7 Å². The summed E-state index contributed by atoms with van der Waals surface area (Å²) < 4.78 is 4.86. The highest BCUT2D eigenvalue weighted by molar-refractivity contribution is 7.99. The highest BCUT2D eigenvalue weighted by atomic mass is 32.2. The number of thioether (sulfide) groups is 1. The number of hydrogen-bond acceptors (Lipinski definition) is 4. The van der Waals surface area contributed by atoms with Crippen LogP contribution in [0.25, 0.3) is 0 Å². The topological polar surface area (TPSA) is 52.3 Å². The third kappa shape index (κ3) is 11.9. The first-order chi connectivity index (χ1) is 7.66. The number of hydrogen-bond donors (Lipinski definition) is 1. The molecule has 1 atom stereocenters. The number of nitrogens with two attached hydrogens (primary N) is 1. The molecule has 1 unspecified atom stereocenters. The molecule has 0 bridgehead atoms. The molecule has 2 N–H and O–H groups in total. The van der Waals surface area contributed by atoms with Crippen LogP contribution in [0, 0.1) is 0 Å². The van der Waals surface area contributed by atoms with Crippen LogP contribution in [-0.4, -0.2) is 30.1 Å². The predicted molar refractivity (Wildman–Crippen MR) is 70.7 cm³/mol.